The van der Waals surface area contributed by atoms with Crippen molar-refractivity contribution in [3.8, 4) is 0 Å². The Labute approximate surface area is 145 Å². The van der Waals surface area contributed by atoms with Crippen molar-refractivity contribution in [3.63, 3.8) is 0 Å². The molecule has 0 spiro atoms. The Hall–Kier alpha value is -0.780. The van der Waals surface area contributed by atoms with Gasteiger partial charge >= 0.3 is 0 Å². The molecule has 1 aliphatic carbocycles. The summed E-state index contributed by atoms with van der Waals surface area (Å²) in [6.07, 6.45) is 4.87. The summed E-state index contributed by atoms with van der Waals surface area (Å²) in [6, 6.07) is 10.7. The second kappa shape index (κ2) is 8.61. The Kier molecular flexibility index (Phi) is 7.49. The Morgan fingerprint density at radius 1 is 1.29 bits per heavy atom. The fourth-order valence-electron chi connectivity index (χ4n) is 2.71. The van der Waals surface area contributed by atoms with Crippen LogP contribution in [-0.2, 0) is 5.41 Å². The van der Waals surface area contributed by atoms with Gasteiger partial charge in [0.1, 0.15) is 0 Å². The lowest BCUT2D eigenvalue weighted by molar-refractivity contribution is 0.253. The molecule has 4 heteroatoms. The quantitative estimate of drug-likeness (QED) is 0.434. The summed E-state index contributed by atoms with van der Waals surface area (Å²) in [7, 11) is 0. The minimum Gasteiger partial charge on any atom is -0.370 e. The molecule has 1 aliphatic rings. The van der Waals surface area contributed by atoms with E-state index in [1.807, 2.05) is 0 Å². The number of hydrogen-bond donors (Lipinski definition) is 2. The van der Waals surface area contributed by atoms with Crippen LogP contribution in [0.25, 0.3) is 0 Å². The van der Waals surface area contributed by atoms with E-state index in [1.165, 1.54) is 24.8 Å². The molecule has 0 bridgehead atoms. The summed E-state index contributed by atoms with van der Waals surface area (Å²) in [5, 5.41) is 3.21. The van der Waals surface area contributed by atoms with Crippen LogP contribution in [-0.4, -0.2) is 19.0 Å². The van der Waals surface area contributed by atoms with Gasteiger partial charge < -0.3 is 11.1 Å². The molecule has 1 aromatic rings. The predicted octanol–water partition coefficient (Wildman–Crippen LogP) is 3.68. The summed E-state index contributed by atoms with van der Waals surface area (Å²) in [6.45, 7) is 6.14. The van der Waals surface area contributed by atoms with Gasteiger partial charge in [-0.1, -0.05) is 50.6 Å². The number of rotatable bonds is 6. The zero-order valence-corrected chi connectivity index (χ0v) is 15.5. The largest absolute Gasteiger partial charge is 0.370 e. The molecule has 3 N–H and O–H groups in total. The van der Waals surface area contributed by atoms with E-state index in [-0.39, 0.29) is 29.4 Å². The molecule has 0 aliphatic heterocycles. The van der Waals surface area contributed by atoms with Crippen LogP contribution in [0.4, 0.5) is 0 Å². The summed E-state index contributed by atoms with van der Waals surface area (Å²) in [5.74, 6) is 1.28. The lowest BCUT2D eigenvalue weighted by atomic mass is 9.64. The van der Waals surface area contributed by atoms with E-state index in [2.05, 4.69) is 54.5 Å². The molecule has 0 atom stereocenters. The van der Waals surface area contributed by atoms with E-state index in [9.17, 15) is 0 Å². The van der Waals surface area contributed by atoms with Crippen molar-refractivity contribution in [1.29, 1.82) is 0 Å². The molecule has 0 radical (unpaired) electrons. The van der Waals surface area contributed by atoms with Gasteiger partial charge in [0.2, 0.25) is 0 Å². The first-order valence-corrected chi connectivity index (χ1v) is 7.72. The van der Waals surface area contributed by atoms with Gasteiger partial charge in [-0.2, -0.15) is 0 Å². The number of hydrogen-bond acceptors (Lipinski definition) is 1. The van der Waals surface area contributed by atoms with E-state index in [4.69, 9.17) is 5.73 Å². The van der Waals surface area contributed by atoms with Gasteiger partial charge in [0, 0.05) is 12.0 Å². The van der Waals surface area contributed by atoms with Crippen LogP contribution in [0.3, 0.4) is 0 Å². The molecular weight excluding hydrogens is 373 g/mol. The third-order valence-corrected chi connectivity index (χ3v) is 4.28. The monoisotopic (exact) mass is 401 g/mol. The van der Waals surface area contributed by atoms with E-state index in [1.54, 1.807) is 0 Å². The Morgan fingerprint density at radius 3 is 2.48 bits per heavy atom. The zero-order valence-electron chi connectivity index (χ0n) is 13.1. The average Bonchev–Trinajstić information content (AvgIpc) is 2.38. The second-order valence-corrected chi connectivity index (χ2v) is 6.31. The highest BCUT2D eigenvalue weighted by molar-refractivity contribution is 14.0. The predicted molar refractivity (Wildman–Crippen MR) is 101 cm³/mol. The molecule has 0 saturated heterocycles. The van der Waals surface area contributed by atoms with Gasteiger partial charge in [-0.3, -0.25) is 4.99 Å². The third-order valence-electron chi connectivity index (χ3n) is 4.28. The zero-order chi connectivity index (χ0) is 14.4. The Morgan fingerprint density at radius 2 is 1.95 bits per heavy atom. The molecule has 0 amide bonds. The Balaban J connectivity index is 0.00000220. The number of nitrogens with one attached hydrogen (secondary N) is 1. The first kappa shape index (κ1) is 18.3. The molecular formula is C17H28IN3. The summed E-state index contributed by atoms with van der Waals surface area (Å²) >= 11 is 0. The summed E-state index contributed by atoms with van der Waals surface area (Å²) < 4.78 is 0. The fourth-order valence-corrected chi connectivity index (χ4v) is 2.71. The number of guanidine groups is 1. The molecule has 21 heavy (non-hydrogen) atoms. The standard InChI is InChI=1S/C17H27N3.HI/c1-14(2)9-12-19-16(18)20-13-17(10-6-11-17)15-7-4-3-5-8-15;/h3-5,7-8,14H,6,9-13H2,1-2H3,(H3,18,19,20);1H. The highest BCUT2D eigenvalue weighted by Gasteiger charge is 2.38. The molecule has 0 unspecified atom stereocenters. The summed E-state index contributed by atoms with van der Waals surface area (Å²) in [5.41, 5.74) is 7.60. The highest BCUT2D eigenvalue weighted by atomic mass is 127. The highest BCUT2D eigenvalue weighted by Crippen LogP contribution is 2.43. The molecule has 1 fully saturated rings. The molecule has 0 heterocycles. The van der Waals surface area contributed by atoms with Crippen LogP contribution in [0.1, 0.15) is 45.1 Å². The van der Waals surface area contributed by atoms with Gasteiger partial charge in [0.15, 0.2) is 5.96 Å². The van der Waals surface area contributed by atoms with E-state index in [0.29, 0.717) is 11.9 Å². The van der Waals surface area contributed by atoms with Crippen LogP contribution in [0.2, 0.25) is 0 Å². The van der Waals surface area contributed by atoms with Gasteiger partial charge in [-0.15, -0.1) is 24.0 Å². The van der Waals surface area contributed by atoms with Crippen molar-refractivity contribution >= 4 is 29.9 Å². The maximum atomic E-state index is 5.96. The van der Waals surface area contributed by atoms with E-state index >= 15 is 0 Å². The molecule has 2 rings (SSSR count). The van der Waals surface area contributed by atoms with Gasteiger partial charge in [0.25, 0.3) is 0 Å². The number of benzene rings is 1. The lowest BCUT2D eigenvalue weighted by Crippen LogP contribution is -2.40. The molecule has 118 valence electrons. The number of nitrogens with two attached hydrogens (primary N) is 1. The summed E-state index contributed by atoms with van der Waals surface area (Å²) in [4.78, 5) is 4.57. The SMILES string of the molecule is CC(C)CCNC(N)=NCC1(c2ccccc2)CCC1.I. The van der Waals surface area contributed by atoms with Gasteiger partial charge in [-0.25, -0.2) is 0 Å². The van der Waals surface area contributed by atoms with Gasteiger partial charge in [-0.05, 0) is 30.7 Å². The van der Waals surface area contributed by atoms with Crippen molar-refractivity contribution in [2.45, 2.75) is 44.9 Å². The van der Waals surface area contributed by atoms with Crippen LogP contribution < -0.4 is 11.1 Å². The maximum Gasteiger partial charge on any atom is 0.188 e. The smallest absolute Gasteiger partial charge is 0.188 e. The molecule has 0 aromatic heterocycles. The Bertz CT molecular complexity index is 439. The van der Waals surface area contributed by atoms with Crippen LogP contribution in [0.5, 0.6) is 0 Å². The van der Waals surface area contributed by atoms with Crippen LogP contribution in [0, 0.1) is 5.92 Å². The average molecular weight is 401 g/mol. The van der Waals surface area contributed by atoms with Gasteiger partial charge in [0.05, 0.1) is 6.54 Å². The number of nitrogens with zero attached hydrogens (tertiary/aromatic N) is 1. The first-order chi connectivity index (χ1) is 9.62. The van der Waals surface area contributed by atoms with Crippen LogP contribution >= 0.6 is 24.0 Å². The molecule has 1 aromatic carbocycles. The second-order valence-electron chi connectivity index (χ2n) is 6.31. The van der Waals surface area contributed by atoms with Crippen molar-refractivity contribution in [2.75, 3.05) is 13.1 Å². The topological polar surface area (TPSA) is 50.4 Å². The van der Waals surface area contributed by atoms with Crippen molar-refractivity contribution in [3.05, 3.63) is 35.9 Å². The van der Waals surface area contributed by atoms with E-state index in [0.717, 1.165) is 19.5 Å². The minimum absolute atomic E-state index is 0. The normalized spacial score (nSPS) is 17.0. The lowest BCUT2D eigenvalue weighted by Gasteiger charge is -2.41. The van der Waals surface area contributed by atoms with Crippen molar-refractivity contribution < 1.29 is 0 Å². The van der Waals surface area contributed by atoms with Crippen molar-refractivity contribution in [2.24, 2.45) is 16.6 Å². The number of aliphatic imine (C=N–C) groups is 1. The molecule has 1 saturated carbocycles. The first-order valence-electron chi connectivity index (χ1n) is 7.72. The van der Waals surface area contributed by atoms with E-state index < -0.39 is 0 Å². The van der Waals surface area contributed by atoms with Crippen LogP contribution in [0.15, 0.2) is 35.3 Å². The minimum atomic E-state index is 0. The fraction of sp³-hybridized carbons (Fsp3) is 0.588. The maximum absolute atomic E-state index is 5.96. The van der Waals surface area contributed by atoms with Crippen molar-refractivity contribution in [1.82, 2.24) is 5.32 Å². The molecule has 3 nitrogen and oxygen atoms in total. The third kappa shape index (κ3) is 5.16. The number of halogens is 1.